The number of rotatable bonds is 2. The van der Waals surface area contributed by atoms with Gasteiger partial charge in [-0.15, -0.1) is 0 Å². The number of hydrogen-bond acceptors (Lipinski definition) is 2. The summed E-state index contributed by atoms with van der Waals surface area (Å²) in [6, 6.07) is 0. The molecule has 5 nitrogen and oxygen atoms in total. The summed E-state index contributed by atoms with van der Waals surface area (Å²) in [5.74, 6) is 0. The van der Waals surface area contributed by atoms with Gasteiger partial charge >= 0.3 is 18.4 Å². The van der Waals surface area contributed by atoms with E-state index in [0.717, 1.165) is 0 Å². The fraction of sp³-hybridized carbons (Fsp3) is 0.667. The quantitative estimate of drug-likeness (QED) is 0.198. The van der Waals surface area contributed by atoms with Gasteiger partial charge in [-0.2, -0.15) is 18.0 Å². The van der Waals surface area contributed by atoms with Crippen molar-refractivity contribution >= 4 is 5.71 Å². The molecule has 0 atom stereocenters. The molecule has 0 aromatic rings. The fourth-order valence-electron chi connectivity index (χ4n) is 0.300. The van der Waals surface area contributed by atoms with E-state index >= 15 is 0 Å². The smallest absolute Gasteiger partial charge is 0.361 e. The molecule has 8 heteroatoms. The van der Waals surface area contributed by atoms with Crippen molar-refractivity contribution in [2.45, 2.75) is 6.18 Å². The average molecular weight is 169 g/mol. The minimum Gasteiger partial charge on any atom is -0.361 e. The van der Waals surface area contributed by atoms with E-state index in [4.69, 9.17) is 5.53 Å². The summed E-state index contributed by atoms with van der Waals surface area (Å²) in [6.07, 6.45) is -4.94. The Morgan fingerprint density at radius 3 is 2.18 bits per heavy atom. The van der Waals surface area contributed by atoms with Crippen molar-refractivity contribution in [3.8, 4) is 0 Å². The molecule has 62 valence electrons. The summed E-state index contributed by atoms with van der Waals surface area (Å²) in [5.41, 5.74) is 5.86. The number of nitrogens with zero attached hydrogens (tertiary/aromatic N) is 3. The van der Waals surface area contributed by atoms with Crippen molar-refractivity contribution in [3.63, 3.8) is 0 Å². The zero-order chi connectivity index (χ0) is 9.07. The normalized spacial score (nSPS) is 10.5. The van der Waals surface area contributed by atoms with E-state index in [0.29, 0.717) is 0 Å². The van der Waals surface area contributed by atoms with E-state index in [1.807, 2.05) is 0 Å². The summed E-state index contributed by atoms with van der Waals surface area (Å²) in [5, 5.41) is 9.53. The van der Waals surface area contributed by atoms with Crippen LogP contribution in [0.4, 0.5) is 13.2 Å². The molecule has 0 heterocycles. The number of halogens is 3. The van der Waals surface area contributed by atoms with Gasteiger partial charge in [0.1, 0.15) is 0 Å². The van der Waals surface area contributed by atoms with Crippen LogP contribution < -0.4 is 0 Å². The van der Waals surface area contributed by atoms with E-state index in [9.17, 15) is 23.3 Å². The van der Waals surface area contributed by atoms with Gasteiger partial charge in [0.2, 0.25) is 0 Å². The fourth-order valence-corrected chi connectivity index (χ4v) is 0.300. The van der Waals surface area contributed by atoms with Crippen LogP contribution in [0.3, 0.4) is 0 Å². The first-order chi connectivity index (χ1) is 4.88. The van der Waals surface area contributed by atoms with Gasteiger partial charge < -0.3 is 5.53 Å². The second-order valence-electron chi connectivity index (χ2n) is 1.54. The van der Waals surface area contributed by atoms with Crippen molar-refractivity contribution in [3.05, 3.63) is 15.6 Å². The third kappa shape index (κ3) is 3.31. The van der Waals surface area contributed by atoms with Crippen molar-refractivity contribution < 1.29 is 22.9 Å². The predicted octanol–water partition coefficient (Wildman–Crippen LogP) is 0.496. The first kappa shape index (κ1) is 9.57. The van der Waals surface area contributed by atoms with Crippen LogP contribution in [0, 0.1) is 10.1 Å². The monoisotopic (exact) mass is 169 g/mol. The SMILES string of the molecule is [N-]=[N+]=C(C[N+](=O)[O-])C(F)(F)F. The maximum atomic E-state index is 11.5. The molecule has 0 radical (unpaired) electrons. The second-order valence-corrected chi connectivity index (χ2v) is 1.54. The molecule has 0 amide bonds. The molecule has 0 aromatic carbocycles. The lowest BCUT2D eigenvalue weighted by atomic mass is 10.4. The van der Waals surface area contributed by atoms with Gasteiger partial charge in [-0.3, -0.25) is 10.1 Å². The molecule has 0 saturated heterocycles. The molecule has 0 aliphatic rings. The molecular weight excluding hydrogens is 167 g/mol. The summed E-state index contributed by atoms with van der Waals surface area (Å²) in [4.78, 5) is 10.0. The van der Waals surface area contributed by atoms with Gasteiger partial charge in [0.25, 0.3) is 0 Å². The minimum atomic E-state index is -4.94. The first-order valence-electron chi connectivity index (χ1n) is 2.28. The maximum Gasteiger partial charge on any atom is 0.497 e. The lowest BCUT2D eigenvalue weighted by Crippen LogP contribution is -2.30. The topological polar surface area (TPSA) is 79.5 Å². The van der Waals surface area contributed by atoms with Gasteiger partial charge in [0.15, 0.2) is 0 Å². The number of alkyl halides is 3. The highest BCUT2D eigenvalue weighted by Gasteiger charge is 2.47. The molecular formula is C3H2F3N3O2. The Morgan fingerprint density at radius 2 is 2.09 bits per heavy atom. The molecule has 0 aromatic heterocycles. The summed E-state index contributed by atoms with van der Waals surface area (Å²) in [6.45, 7) is -1.53. The van der Waals surface area contributed by atoms with Crippen LogP contribution in [0.2, 0.25) is 0 Å². The molecule has 0 spiro atoms. The Morgan fingerprint density at radius 1 is 1.64 bits per heavy atom. The van der Waals surface area contributed by atoms with Crippen molar-refractivity contribution in [1.29, 1.82) is 0 Å². The molecule has 0 saturated carbocycles. The van der Waals surface area contributed by atoms with Crippen LogP contribution >= 0.6 is 0 Å². The number of nitro groups is 1. The Bertz CT molecular complexity index is 216. The standard InChI is InChI=1S/C3H2F3N3O2/c4-3(5,6)2(8-7)1-9(10)11/h1H2. The van der Waals surface area contributed by atoms with Crippen molar-refractivity contribution in [2.24, 2.45) is 0 Å². The molecule has 0 bridgehead atoms. The molecule has 0 aliphatic heterocycles. The van der Waals surface area contributed by atoms with Crippen molar-refractivity contribution in [1.82, 2.24) is 0 Å². The van der Waals surface area contributed by atoms with Crippen LogP contribution in [0.15, 0.2) is 0 Å². The van der Waals surface area contributed by atoms with Gasteiger partial charge in [-0.25, -0.2) is 0 Å². The van der Waals surface area contributed by atoms with Gasteiger partial charge in [-0.1, -0.05) is 0 Å². The van der Waals surface area contributed by atoms with Gasteiger partial charge in [-0.05, 0) is 0 Å². The summed E-state index contributed by atoms with van der Waals surface area (Å²) < 4.78 is 34.5. The highest BCUT2D eigenvalue weighted by molar-refractivity contribution is 5.85. The zero-order valence-corrected chi connectivity index (χ0v) is 5.00. The minimum absolute atomic E-state index is 1.23. The predicted molar refractivity (Wildman–Crippen MR) is 26.5 cm³/mol. The average Bonchev–Trinajstić information content (AvgIpc) is 1.79. The highest BCUT2D eigenvalue weighted by Crippen LogP contribution is 2.15. The van der Waals surface area contributed by atoms with Gasteiger partial charge in [0, 0.05) is 4.92 Å². The lowest BCUT2D eigenvalue weighted by Gasteiger charge is -1.95. The third-order valence-electron chi connectivity index (χ3n) is 0.727. The second kappa shape index (κ2) is 3.11. The molecule has 0 N–H and O–H groups in total. The van der Waals surface area contributed by atoms with Crippen LogP contribution in [0.5, 0.6) is 0 Å². The lowest BCUT2D eigenvalue weighted by molar-refractivity contribution is -0.468. The Balaban J connectivity index is 4.47. The summed E-state index contributed by atoms with van der Waals surface area (Å²) >= 11 is 0. The summed E-state index contributed by atoms with van der Waals surface area (Å²) in [7, 11) is 0. The van der Waals surface area contributed by atoms with Gasteiger partial charge in [0.05, 0.1) is 0 Å². The molecule has 0 fully saturated rings. The third-order valence-corrected chi connectivity index (χ3v) is 0.727. The van der Waals surface area contributed by atoms with Crippen molar-refractivity contribution in [2.75, 3.05) is 6.54 Å². The van der Waals surface area contributed by atoms with Crippen LogP contribution in [-0.2, 0) is 0 Å². The molecule has 0 rings (SSSR count). The largest absolute Gasteiger partial charge is 0.497 e. The van der Waals surface area contributed by atoms with E-state index in [1.54, 1.807) is 4.79 Å². The highest BCUT2D eigenvalue weighted by atomic mass is 19.4. The van der Waals surface area contributed by atoms with E-state index < -0.39 is 23.4 Å². The Hall–Kier alpha value is -1.43. The Labute approximate surface area is 58.2 Å². The van der Waals surface area contributed by atoms with E-state index in [2.05, 4.69) is 0 Å². The van der Waals surface area contributed by atoms with Crippen LogP contribution in [0.1, 0.15) is 0 Å². The van der Waals surface area contributed by atoms with E-state index in [-0.39, 0.29) is 0 Å². The first-order valence-corrected chi connectivity index (χ1v) is 2.28. The molecule has 0 aliphatic carbocycles. The molecule has 0 unspecified atom stereocenters. The number of hydrogen-bond donors (Lipinski definition) is 0. The van der Waals surface area contributed by atoms with Crippen LogP contribution in [-0.4, -0.2) is 28.1 Å². The van der Waals surface area contributed by atoms with E-state index in [1.165, 1.54) is 0 Å². The Kier molecular flexibility index (Phi) is 2.70. The zero-order valence-electron chi connectivity index (χ0n) is 5.00. The maximum absolute atomic E-state index is 11.5. The molecule has 11 heavy (non-hydrogen) atoms. The van der Waals surface area contributed by atoms with Crippen LogP contribution in [0.25, 0.3) is 5.53 Å².